The van der Waals surface area contributed by atoms with E-state index in [1.165, 1.54) is 10.9 Å². The van der Waals surface area contributed by atoms with Crippen LogP contribution in [-0.4, -0.2) is 67.5 Å². The van der Waals surface area contributed by atoms with Crippen LogP contribution in [0.3, 0.4) is 0 Å². The van der Waals surface area contributed by atoms with Gasteiger partial charge in [0.15, 0.2) is 5.65 Å². The first-order chi connectivity index (χ1) is 18.5. The molecule has 0 bridgehead atoms. The fourth-order valence-corrected chi connectivity index (χ4v) is 6.14. The number of piperidine rings is 1. The SMILES string of the molecule is CC1(C)COCC(c2ccc(-n3c(Cl)cc4c(=O)n(CC5(O)CCN(C(=O)C6(C)CC6)CC5)cnc43)cc2)N1. The molecule has 0 radical (unpaired) electrons. The fourth-order valence-electron chi connectivity index (χ4n) is 5.85. The highest BCUT2D eigenvalue weighted by Crippen LogP contribution is 2.47. The summed E-state index contributed by atoms with van der Waals surface area (Å²) >= 11 is 6.61. The van der Waals surface area contributed by atoms with Crippen LogP contribution in [-0.2, 0) is 16.1 Å². The Morgan fingerprint density at radius 1 is 1.15 bits per heavy atom. The molecule has 1 saturated carbocycles. The van der Waals surface area contributed by atoms with E-state index in [1.54, 1.807) is 10.6 Å². The molecule has 2 aromatic heterocycles. The van der Waals surface area contributed by atoms with Crippen LogP contribution < -0.4 is 10.9 Å². The number of morpholine rings is 1. The van der Waals surface area contributed by atoms with Crippen molar-refractivity contribution in [3.63, 3.8) is 0 Å². The maximum Gasteiger partial charge on any atom is 0.262 e. The van der Waals surface area contributed by atoms with Gasteiger partial charge in [-0.3, -0.25) is 18.7 Å². The summed E-state index contributed by atoms with van der Waals surface area (Å²) in [6, 6.07) is 9.75. The van der Waals surface area contributed by atoms with E-state index in [0.29, 0.717) is 55.3 Å². The molecular formula is C29H36ClN5O4. The number of aliphatic hydroxyl groups is 1. The highest BCUT2D eigenvalue weighted by Gasteiger charge is 2.48. The molecule has 2 aliphatic heterocycles. The van der Waals surface area contributed by atoms with E-state index in [1.807, 2.05) is 36.1 Å². The summed E-state index contributed by atoms with van der Waals surface area (Å²) < 4.78 is 9.00. The number of hydrogen-bond donors (Lipinski definition) is 2. The van der Waals surface area contributed by atoms with Crippen molar-refractivity contribution in [3.8, 4) is 5.69 Å². The number of nitrogens with zero attached hydrogens (tertiary/aromatic N) is 4. The van der Waals surface area contributed by atoms with E-state index in [9.17, 15) is 14.7 Å². The third kappa shape index (κ3) is 5.01. The Morgan fingerprint density at radius 2 is 1.85 bits per heavy atom. The molecule has 208 valence electrons. The first-order valence-corrected chi connectivity index (χ1v) is 14.1. The summed E-state index contributed by atoms with van der Waals surface area (Å²) in [6.45, 7) is 8.64. The number of carbonyl (C=O) groups excluding carboxylic acids is 1. The fraction of sp³-hybridized carbons (Fsp3) is 0.552. The van der Waals surface area contributed by atoms with Crippen molar-refractivity contribution < 1.29 is 14.6 Å². The van der Waals surface area contributed by atoms with E-state index < -0.39 is 5.60 Å². The van der Waals surface area contributed by atoms with Crippen molar-refractivity contribution in [2.45, 2.75) is 70.2 Å². The maximum atomic E-state index is 13.4. The topological polar surface area (TPSA) is 102 Å². The Labute approximate surface area is 232 Å². The van der Waals surface area contributed by atoms with E-state index >= 15 is 0 Å². The Hall–Kier alpha value is -2.72. The number of halogens is 1. The van der Waals surface area contributed by atoms with Crippen LogP contribution in [0.4, 0.5) is 0 Å². The van der Waals surface area contributed by atoms with Gasteiger partial charge in [-0.25, -0.2) is 4.98 Å². The average molecular weight is 554 g/mol. The zero-order chi connectivity index (χ0) is 27.6. The van der Waals surface area contributed by atoms with E-state index in [2.05, 4.69) is 24.1 Å². The maximum absolute atomic E-state index is 13.4. The lowest BCUT2D eigenvalue weighted by Crippen LogP contribution is -2.51. The third-order valence-corrected chi connectivity index (χ3v) is 8.85. The molecule has 1 aromatic carbocycles. The summed E-state index contributed by atoms with van der Waals surface area (Å²) in [6.07, 6.45) is 4.20. The van der Waals surface area contributed by atoms with Gasteiger partial charge in [-0.2, -0.15) is 0 Å². The van der Waals surface area contributed by atoms with Gasteiger partial charge in [-0.1, -0.05) is 30.7 Å². The van der Waals surface area contributed by atoms with Gasteiger partial charge in [0, 0.05) is 29.7 Å². The third-order valence-electron chi connectivity index (χ3n) is 8.57. The zero-order valence-corrected chi connectivity index (χ0v) is 23.5. The number of rotatable bonds is 5. The van der Waals surface area contributed by atoms with Gasteiger partial charge in [0.05, 0.1) is 36.8 Å². The molecule has 1 unspecified atom stereocenters. The second kappa shape index (κ2) is 9.44. The molecule has 1 aliphatic carbocycles. The molecule has 2 N–H and O–H groups in total. The highest BCUT2D eigenvalue weighted by atomic mass is 35.5. The van der Waals surface area contributed by atoms with Crippen LogP contribution >= 0.6 is 11.6 Å². The van der Waals surface area contributed by atoms with E-state index in [4.69, 9.17) is 16.3 Å². The summed E-state index contributed by atoms with van der Waals surface area (Å²) in [5.41, 5.74) is 0.753. The van der Waals surface area contributed by atoms with Gasteiger partial charge >= 0.3 is 0 Å². The number of ether oxygens (including phenoxy) is 1. The monoisotopic (exact) mass is 553 g/mol. The number of fused-ring (bicyclic) bond motifs is 1. The highest BCUT2D eigenvalue weighted by molar-refractivity contribution is 6.31. The van der Waals surface area contributed by atoms with E-state index in [-0.39, 0.29) is 35.0 Å². The molecule has 3 aromatic rings. The predicted molar refractivity (Wildman–Crippen MR) is 149 cm³/mol. The van der Waals surface area contributed by atoms with Crippen molar-refractivity contribution in [2.75, 3.05) is 26.3 Å². The van der Waals surface area contributed by atoms with Crippen LogP contribution in [0.1, 0.15) is 58.1 Å². The number of likely N-dealkylation sites (tertiary alicyclic amines) is 1. The summed E-state index contributed by atoms with van der Waals surface area (Å²) in [4.78, 5) is 32.6. The summed E-state index contributed by atoms with van der Waals surface area (Å²) in [5, 5.41) is 15.7. The van der Waals surface area contributed by atoms with Crippen LogP contribution in [0.2, 0.25) is 5.15 Å². The van der Waals surface area contributed by atoms with E-state index in [0.717, 1.165) is 24.1 Å². The van der Waals surface area contributed by atoms with Gasteiger partial charge in [0.1, 0.15) is 11.5 Å². The Kier molecular flexibility index (Phi) is 6.41. The molecule has 1 amide bonds. The minimum absolute atomic E-state index is 0.0950. The molecule has 0 spiro atoms. The second-order valence-electron chi connectivity index (χ2n) is 12.5. The Morgan fingerprint density at radius 3 is 2.49 bits per heavy atom. The van der Waals surface area contributed by atoms with Gasteiger partial charge in [0.25, 0.3) is 5.56 Å². The van der Waals surface area contributed by atoms with Crippen molar-refractivity contribution in [1.82, 2.24) is 24.3 Å². The first-order valence-electron chi connectivity index (χ1n) is 13.7. The first kappa shape index (κ1) is 26.5. The molecule has 39 heavy (non-hydrogen) atoms. The standard InChI is InChI=1S/C29H36ClN5O4/c1-27(2)17-39-15-22(32-27)19-4-6-20(7-5-19)35-23(30)14-21-24(35)31-18-34(25(21)36)16-29(38)10-12-33(13-11-29)26(37)28(3)8-9-28/h4-7,14,18,22,32,38H,8-13,15-17H2,1-3H3. The average Bonchev–Trinajstić information content (AvgIpc) is 3.56. The molecule has 10 heteroatoms. The van der Waals surface area contributed by atoms with Crippen LogP contribution in [0, 0.1) is 5.41 Å². The Balaban J connectivity index is 1.20. The summed E-state index contributed by atoms with van der Waals surface area (Å²) in [5.74, 6) is 0.181. The predicted octanol–water partition coefficient (Wildman–Crippen LogP) is 3.43. The molecule has 3 aliphatic rings. The van der Waals surface area contributed by atoms with Crippen LogP contribution in [0.15, 0.2) is 41.5 Å². The van der Waals surface area contributed by atoms with Gasteiger partial charge in [0.2, 0.25) is 5.91 Å². The lowest BCUT2D eigenvalue weighted by atomic mass is 9.90. The number of carbonyl (C=O) groups is 1. The zero-order valence-electron chi connectivity index (χ0n) is 22.7. The molecule has 6 rings (SSSR count). The largest absolute Gasteiger partial charge is 0.388 e. The number of nitrogens with one attached hydrogen (secondary N) is 1. The molecule has 1 atom stereocenters. The van der Waals surface area contributed by atoms with Crippen molar-refractivity contribution >= 4 is 28.5 Å². The molecule has 2 saturated heterocycles. The molecule has 4 heterocycles. The lowest BCUT2D eigenvalue weighted by Gasteiger charge is -2.39. The van der Waals surface area contributed by atoms with Crippen molar-refractivity contribution in [2.24, 2.45) is 5.41 Å². The second-order valence-corrected chi connectivity index (χ2v) is 12.9. The smallest absolute Gasteiger partial charge is 0.262 e. The lowest BCUT2D eigenvalue weighted by molar-refractivity contribution is -0.141. The van der Waals surface area contributed by atoms with Crippen LogP contribution in [0.25, 0.3) is 16.7 Å². The van der Waals surface area contributed by atoms with Crippen molar-refractivity contribution in [3.05, 3.63) is 57.7 Å². The normalized spacial score (nSPS) is 23.6. The van der Waals surface area contributed by atoms with Gasteiger partial charge < -0.3 is 20.1 Å². The van der Waals surface area contributed by atoms with Crippen molar-refractivity contribution in [1.29, 1.82) is 0 Å². The number of amides is 1. The van der Waals surface area contributed by atoms with Gasteiger partial charge in [-0.15, -0.1) is 0 Å². The number of hydrogen-bond acceptors (Lipinski definition) is 6. The number of aromatic nitrogens is 3. The van der Waals surface area contributed by atoms with Crippen LogP contribution in [0.5, 0.6) is 0 Å². The molecule has 3 fully saturated rings. The quantitative estimate of drug-likeness (QED) is 0.502. The summed E-state index contributed by atoms with van der Waals surface area (Å²) in [7, 11) is 0. The van der Waals surface area contributed by atoms with Gasteiger partial charge in [-0.05, 0) is 63.3 Å². The minimum atomic E-state index is -1.08. The molecule has 9 nitrogen and oxygen atoms in total. The Bertz CT molecular complexity index is 1470. The minimum Gasteiger partial charge on any atom is -0.388 e. The molecular weight excluding hydrogens is 518 g/mol. The number of benzene rings is 1.